The van der Waals surface area contributed by atoms with Crippen molar-refractivity contribution in [3.05, 3.63) is 29.3 Å². The zero-order valence-electron chi connectivity index (χ0n) is 13.6. The Morgan fingerprint density at radius 2 is 1.91 bits per heavy atom. The van der Waals surface area contributed by atoms with Gasteiger partial charge in [-0.1, -0.05) is 11.6 Å². The minimum Gasteiger partial charge on any atom is -0.493 e. The number of halogens is 1. The predicted molar refractivity (Wildman–Crippen MR) is 91.2 cm³/mol. The maximum absolute atomic E-state index is 12.4. The van der Waals surface area contributed by atoms with E-state index < -0.39 is 0 Å². The van der Waals surface area contributed by atoms with Crippen LogP contribution in [0.15, 0.2) is 23.8 Å². The Kier molecular flexibility index (Phi) is 7.71. The van der Waals surface area contributed by atoms with Crippen LogP contribution in [0.1, 0.15) is 16.8 Å². The van der Waals surface area contributed by atoms with E-state index >= 15 is 0 Å². The number of methoxy groups -OCH3 is 3. The lowest BCUT2D eigenvalue weighted by atomic mass is 10.1. The zero-order chi connectivity index (χ0) is 15.9. The lowest BCUT2D eigenvalue weighted by Crippen LogP contribution is -2.29. The van der Waals surface area contributed by atoms with Crippen LogP contribution in [0.5, 0.6) is 17.2 Å². The first-order chi connectivity index (χ1) is 10.7. The summed E-state index contributed by atoms with van der Waals surface area (Å²) in [6, 6.07) is 3.37. The molecular formula is C16H23ClN2O4. The van der Waals surface area contributed by atoms with Crippen molar-refractivity contribution in [3.8, 4) is 17.2 Å². The first-order valence-corrected chi connectivity index (χ1v) is 7.17. The van der Waals surface area contributed by atoms with Crippen molar-refractivity contribution in [2.75, 3.05) is 41.0 Å². The lowest BCUT2D eigenvalue weighted by Gasteiger charge is -2.17. The molecule has 2 rings (SSSR count). The van der Waals surface area contributed by atoms with Gasteiger partial charge in [0, 0.05) is 13.1 Å². The summed E-state index contributed by atoms with van der Waals surface area (Å²) in [4.78, 5) is 12.4. The van der Waals surface area contributed by atoms with Gasteiger partial charge in [-0.2, -0.15) is 0 Å². The molecule has 1 heterocycles. The summed E-state index contributed by atoms with van der Waals surface area (Å²) in [5, 5.41) is 6.16. The minimum atomic E-state index is -0.197. The van der Waals surface area contributed by atoms with Crippen molar-refractivity contribution in [3.63, 3.8) is 0 Å². The number of amides is 1. The van der Waals surface area contributed by atoms with E-state index in [1.54, 1.807) is 19.2 Å². The van der Waals surface area contributed by atoms with Crippen molar-refractivity contribution in [1.82, 2.24) is 10.6 Å². The summed E-state index contributed by atoms with van der Waals surface area (Å²) in [6.45, 7) is 2.34. The summed E-state index contributed by atoms with van der Waals surface area (Å²) in [5.41, 5.74) is 1.65. The van der Waals surface area contributed by atoms with E-state index in [1.165, 1.54) is 19.8 Å². The molecule has 1 aromatic carbocycles. The van der Waals surface area contributed by atoms with E-state index in [0.29, 0.717) is 29.4 Å². The van der Waals surface area contributed by atoms with Crippen molar-refractivity contribution in [2.45, 2.75) is 6.42 Å². The number of nitrogens with one attached hydrogen (secondary N) is 2. The van der Waals surface area contributed by atoms with Gasteiger partial charge >= 0.3 is 0 Å². The van der Waals surface area contributed by atoms with E-state index in [1.807, 2.05) is 0 Å². The van der Waals surface area contributed by atoms with E-state index in [-0.39, 0.29) is 18.3 Å². The molecule has 0 unspecified atom stereocenters. The average molecular weight is 343 g/mol. The second kappa shape index (κ2) is 9.27. The standard InChI is InChI=1S/C16H22N2O4.ClH/c1-20-13-5-4-12(14(21-2)15(13)22-3)16(19)18-10-11-6-8-17-9-7-11;/h4-6,17H,7-10H2,1-3H3,(H,18,19);1H. The summed E-state index contributed by atoms with van der Waals surface area (Å²) in [5.74, 6) is 1.12. The Bertz CT molecular complexity index is 575. The molecule has 6 nitrogen and oxygen atoms in total. The van der Waals surface area contributed by atoms with Crippen LogP contribution in [0.25, 0.3) is 0 Å². The minimum absolute atomic E-state index is 0. The molecule has 1 aromatic rings. The lowest BCUT2D eigenvalue weighted by molar-refractivity contribution is 0.0953. The van der Waals surface area contributed by atoms with Gasteiger partial charge in [-0.15, -0.1) is 12.4 Å². The van der Waals surface area contributed by atoms with Gasteiger partial charge < -0.3 is 24.8 Å². The normalized spacial score (nSPS) is 13.4. The molecule has 0 saturated heterocycles. The number of carbonyl (C=O) groups excluding carboxylic acids is 1. The Morgan fingerprint density at radius 1 is 1.17 bits per heavy atom. The highest BCUT2D eigenvalue weighted by Crippen LogP contribution is 2.39. The van der Waals surface area contributed by atoms with E-state index in [2.05, 4.69) is 16.7 Å². The van der Waals surface area contributed by atoms with Gasteiger partial charge in [-0.05, 0) is 25.1 Å². The first-order valence-electron chi connectivity index (χ1n) is 7.17. The average Bonchev–Trinajstić information content (AvgIpc) is 2.58. The summed E-state index contributed by atoms with van der Waals surface area (Å²) >= 11 is 0. The molecule has 0 atom stereocenters. The van der Waals surface area contributed by atoms with Crippen LogP contribution in [0.2, 0.25) is 0 Å². The third-order valence-corrected chi connectivity index (χ3v) is 3.58. The maximum Gasteiger partial charge on any atom is 0.255 e. The topological polar surface area (TPSA) is 68.8 Å². The number of hydrogen-bond donors (Lipinski definition) is 2. The maximum atomic E-state index is 12.4. The van der Waals surface area contributed by atoms with E-state index in [0.717, 1.165) is 19.5 Å². The smallest absolute Gasteiger partial charge is 0.255 e. The highest BCUT2D eigenvalue weighted by molar-refractivity contribution is 5.98. The molecule has 0 radical (unpaired) electrons. The highest BCUT2D eigenvalue weighted by Gasteiger charge is 2.20. The number of benzene rings is 1. The van der Waals surface area contributed by atoms with Gasteiger partial charge in [0.05, 0.1) is 26.9 Å². The monoisotopic (exact) mass is 342 g/mol. The fourth-order valence-corrected chi connectivity index (χ4v) is 2.40. The zero-order valence-corrected chi connectivity index (χ0v) is 14.4. The second-order valence-electron chi connectivity index (χ2n) is 4.88. The van der Waals surface area contributed by atoms with Gasteiger partial charge in [-0.3, -0.25) is 4.79 Å². The molecule has 128 valence electrons. The second-order valence-corrected chi connectivity index (χ2v) is 4.88. The van der Waals surface area contributed by atoms with Gasteiger partial charge in [0.2, 0.25) is 5.75 Å². The van der Waals surface area contributed by atoms with Crippen molar-refractivity contribution in [2.24, 2.45) is 0 Å². The van der Waals surface area contributed by atoms with Gasteiger partial charge in [0.15, 0.2) is 11.5 Å². The van der Waals surface area contributed by atoms with Crippen LogP contribution in [-0.2, 0) is 0 Å². The van der Waals surface area contributed by atoms with Crippen molar-refractivity contribution < 1.29 is 19.0 Å². The fourth-order valence-electron chi connectivity index (χ4n) is 2.40. The molecule has 0 aliphatic carbocycles. The fraction of sp³-hybridized carbons (Fsp3) is 0.438. The number of hydrogen-bond acceptors (Lipinski definition) is 5. The number of carbonyl (C=O) groups is 1. The number of ether oxygens (including phenoxy) is 3. The van der Waals surface area contributed by atoms with Crippen LogP contribution in [0.4, 0.5) is 0 Å². The van der Waals surface area contributed by atoms with Gasteiger partial charge in [0.25, 0.3) is 5.91 Å². The molecule has 0 bridgehead atoms. The molecule has 7 heteroatoms. The molecule has 1 amide bonds. The van der Waals surface area contributed by atoms with Crippen LogP contribution in [-0.4, -0.2) is 46.9 Å². The predicted octanol–water partition coefficient (Wildman–Crippen LogP) is 1.78. The highest BCUT2D eigenvalue weighted by atomic mass is 35.5. The molecule has 0 spiro atoms. The quantitative estimate of drug-likeness (QED) is 0.771. The van der Waals surface area contributed by atoms with Gasteiger partial charge in [-0.25, -0.2) is 0 Å². The molecular weight excluding hydrogens is 320 g/mol. The molecule has 0 saturated carbocycles. The molecule has 0 fully saturated rings. The van der Waals surface area contributed by atoms with Crippen LogP contribution >= 0.6 is 12.4 Å². The van der Waals surface area contributed by atoms with Crippen LogP contribution in [0, 0.1) is 0 Å². The Balaban J connectivity index is 0.00000264. The number of rotatable bonds is 6. The third kappa shape index (κ3) is 4.53. The molecule has 2 N–H and O–H groups in total. The SMILES string of the molecule is COc1ccc(C(=O)NCC2=CCNCC2)c(OC)c1OC.Cl. The van der Waals surface area contributed by atoms with Crippen molar-refractivity contribution >= 4 is 18.3 Å². The molecule has 23 heavy (non-hydrogen) atoms. The molecule has 0 aromatic heterocycles. The summed E-state index contributed by atoms with van der Waals surface area (Å²) in [6.07, 6.45) is 3.05. The summed E-state index contributed by atoms with van der Waals surface area (Å²) in [7, 11) is 4.56. The van der Waals surface area contributed by atoms with Crippen LogP contribution in [0.3, 0.4) is 0 Å². The van der Waals surface area contributed by atoms with E-state index in [4.69, 9.17) is 14.2 Å². The Morgan fingerprint density at radius 3 is 2.48 bits per heavy atom. The largest absolute Gasteiger partial charge is 0.493 e. The third-order valence-electron chi connectivity index (χ3n) is 3.58. The first kappa shape index (κ1) is 19.1. The Labute approximate surface area is 142 Å². The van der Waals surface area contributed by atoms with Gasteiger partial charge in [0.1, 0.15) is 0 Å². The van der Waals surface area contributed by atoms with Crippen LogP contribution < -0.4 is 24.8 Å². The summed E-state index contributed by atoms with van der Waals surface area (Å²) < 4.78 is 15.8. The Hall–Kier alpha value is -1.92. The van der Waals surface area contributed by atoms with E-state index in [9.17, 15) is 4.79 Å². The molecule has 1 aliphatic rings. The molecule has 1 aliphatic heterocycles. The van der Waals surface area contributed by atoms with Crippen molar-refractivity contribution in [1.29, 1.82) is 0 Å².